The van der Waals surface area contributed by atoms with Crippen LogP contribution in [0.5, 0.6) is 0 Å². The van der Waals surface area contributed by atoms with Crippen LogP contribution in [-0.2, 0) is 0 Å². The Kier molecular flexibility index (Phi) is 4.18. The Labute approximate surface area is 132 Å². The Morgan fingerprint density at radius 3 is 2.78 bits per heavy atom. The standard InChI is InChI=1S/C16H16F2N4O/c1-19-16(23)13-6-7-15(21-20-13)22-8-2-3-14(22)11-9-10(17)4-5-12(11)18/h4-7,9,14H,2-3,8H2,1H3,(H,19,23). The van der Waals surface area contributed by atoms with Crippen LogP contribution in [0.15, 0.2) is 30.3 Å². The summed E-state index contributed by atoms with van der Waals surface area (Å²) in [6.07, 6.45) is 1.55. The predicted molar refractivity (Wildman–Crippen MR) is 81.1 cm³/mol. The fraction of sp³-hybridized carbons (Fsp3) is 0.312. The van der Waals surface area contributed by atoms with Crippen LogP contribution >= 0.6 is 0 Å². The molecule has 2 aromatic rings. The lowest BCUT2D eigenvalue weighted by Crippen LogP contribution is -2.26. The zero-order valence-electron chi connectivity index (χ0n) is 12.6. The van der Waals surface area contributed by atoms with Crippen LogP contribution in [0.1, 0.15) is 34.9 Å². The minimum absolute atomic E-state index is 0.212. The average molecular weight is 318 g/mol. The lowest BCUT2D eigenvalue weighted by Gasteiger charge is -2.26. The maximum absolute atomic E-state index is 14.0. The Morgan fingerprint density at radius 1 is 1.26 bits per heavy atom. The molecule has 23 heavy (non-hydrogen) atoms. The number of nitrogens with one attached hydrogen (secondary N) is 1. The number of anilines is 1. The van der Waals surface area contributed by atoms with Gasteiger partial charge in [0, 0.05) is 19.2 Å². The van der Waals surface area contributed by atoms with Gasteiger partial charge in [0.1, 0.15) is 11.6 Å². The first-order valence-electron chi connectivity index (χ1n) is 7.37. The monoisotopic (exact) mass is 318 g/mol. The van der Waals surface area contributed by atoms with E-state index in [4.69, 9.17) is 0 Å². The van der Waals surface area contributed by atoms with Crippen LogP contribution in [-0.4, -0.2) is 29.7 Å². The number of rotatable bonds is 3. The molecule has 1 aliphatic heterocycles. The van der Waals surface area contributed by atoms with Crippen molar-refractivity contribution < 1.29 is 13.6 Å². The number of amides is 1. The highest BCUT2D eigenvalue weighted by Gasteiger charge is 2.29. The van der Waals surface area contributed by atoms with E-state index in [1.54, 1.807) is 12.1 Å². The average Bonchev–Trinajstić information content (AvgIpc) is 3.06. The normalized spacial score (nSPS) is 17.3. The van der Waals surface area contributed by atoms with Gasteiger partial charge in [0.25, 0.3) is 5.91 Å². The van der Waals surface area contributed by atoms with E-state index in [1.165, 1.54) is 13.1 Å². The fourth-order valence-corrected chi connectivity index (χ4v) is 2.86. The van der Waals surface area contributed by atoms with Gasteiger partial charge >= 0.3 is 0 Å². The number of carbonyl (C=O) groups excluding carboxylic acids is 1. The van der Waals surface area contributed by atoms with Gasteiger partial charge in [-0.25, -0.2) is 8.78 Å². The largest absolute Gasteiger partial charge is 0.354 e. The summed E-state index contributed by atoms with van der Waals surface area (Å²) in [6.45, 7) is 0.675. The second-order valence-electron chi connectivity index (χ2n) is 5.37. The van der Waals surface area contributed by atoms with E-state index in [9.17, 15) is 13.6 Å². The summed E-state index contributed by atoms with van der Waals surface area (Å²) < 4.78 is 27.5. The first kappa shape index (κ1) is 15.3. The molecule has 1 atom stereocenters. The highest BCUT2D eigenvalue weighted by atomic mass is 19.1. The number of hydrogen-bond acceptors (Lipinski definition) is 4. The molecule has 1 amide bonds. The zero-order chi connectivity index (χ0) is 16.4. The minimum atomic E-state index is -0.464. The molecule has 1 fully saturated rings. The second-order valence-corrected chi connectivity index (χ2v) is 5.37. The maximum Gasteiger partial charge on any atom is 0.271 e. The van der Waals surface area contributed by atoms with Gasteiger partial charge in [0.05, 0.1) is 6.04 Å². The molecule has 5 nitrogen and oxygen atoms in total. The van der Waals surface area contributed by atoms with E-state index < -0.39 is 11.6 Å². The number of hydrogen-bond donors (Lipinski definition) is 1. The molecule has 1 aromatic heterocycles. The van der Waals surface area contributed by atoms with Gasteiger partial charge in [0.15, 0.2) is 11.5 Å². The third-order valence-electron chi connectivity index (χ3n) is 3.97. The maximum atomic E-state index is 14.0. The van der Waals surface area contributed by atoms with E-state index in [-0.39, 0.29) is 17.6 Å². The van der Waals surface area contributed by atoms with Crippen molar-refractivity contribution in [3.63, 3.8) is 0 Å². The van der Waals surface area contributed by atoms with E-state index in [2.05, 4.69) is 15.5 Å². The van der Waals surface area contributed by atoms with Crippen molar-refractivity contribution >= 4 is 11.7 Å². The molecule has 2 heterocycles. The number of benzene rings is 1. The third-order valence-corrected chi connectivity index (χ3v) is 3.97. The Morgan fingerprint density at radius 2 is 2.09 bits per heavy atom. The zero-order valence-corrected chi connectivity index (χ0v) is 12.6. The van der Waals surface area contributed by atoms with E-state index in [0.717, 1.165) is 18.6 Å². The summed E-state index contributed by atoms with van der Waals surface area (Å²) in [7, 11) is 1.52. The van der Waals surface area contributed by atoms with Crippen LogP contribution in [0.3, 0.4) is 0 Å². The predicted octanol–water partition coefficient (Wildman–Crippen LogP) is 2.46. The highest BCUT2D eigenvalue weighted by molar-refractivity contribution is 5.91. The van der Waals surface area contributed by atoms with Crippen LogP contribution < -0.4 is 10.2 Å². The Hall–Kier alpha value is -2.57. The number of halogens is 2. The lowest BCUT2D eigenvalue weighted by molar-refractivity contribution is 0.0957. The molecule has 1 aromatic carbocycles. The van der Waals surface area contributed by atoms with Gasteiger partial charge in [-0.1, -0.05) is 0 Å². The minimum Gasteiger partial charge on any atom is -0.354 e. The summed E-state index contributed by atoms with van der Waals surface area (Å²) in [5.41, 5.74) is 0.531. The molecule has 0 radical (unpaired) electrons. The number of nitrogens with zero attached hydrogens (tertiary/aromatic N) is 3. The quantitative estimate of drug-likeness (QED) is 0.944. The summed E-state index contributed by atoms with van der Waals surface area (Å²) in [6, 6.07) is 6.43. The molecule has 1 aliphatic rings. The van der Waals surface area contributed by atoms with Gasteiger partial charge in [-0.2, -0.15) is 0 Å². The first-order chi connectivity index (χ1) is 11.1. The van der Waals surface area contributed by atoms with E-state index in [1.807, 2.05) is 4.90 Å². The molecular formula is C16H16F2N4O. The van der Waals surface area contributed by atoms with Crippen molar-refractivity contribution in [2.24, 2.45) is 0 Å². The van der Waals surface area contributed by atoms with Gasteiger partial charge in [-0.15, -0.1) is 10.2 Å². The highest BCUT2D eigenvalue weighted by Crippen LogP contribution is 2.36. The lowest BCUT2D eigenvalue weighted by atomic mass is 10.0. The van der Waals surface area contributed by atoms with Crippen LogP contribution in [0.4, 0.5) is 14.6 Å². The first-order valence-corrected chi connectivity index (χ1v) is 7.37. The van der Waals surface area contributed by atoms with Crippen LogP contribution in [0.2, 0.25) is 0 Å². The SMILES string of the molecule is CNC(=O)c1ccc(N2CCCC2c2cc(F)ccc2F)nn1. The fourth-order valence-electron chi connectivity index (χ4n) is 2.86. The molecule has 1 unspecified atom stereocenters. The van der Waals surface area contributed by atoms with Crippen LogP contribution in [0, 0.1) is 11.6 Å². The molecule has 0 spiro atoms. The summed E-state index contributed by atoms with van der Waals surface area (Å²) in [5.74, 6) is -0.672. The summed E-state index contributed by atoms with van der Waals surface area (Å²) in [4.78, 5) is 13.4. The molecule has 0 saturated carbocycles. The summed E-state index contributed by atoms with van der Waals surface area (Å²) >= 11 is 0. The van der Waals surface area contributed by atoms with Crippen molar-refractivity contribution in [3.05, 3.63) is 53.2 Å². The molecule has 0 aliphatic carbocycles. The van der Waals surface area contributed by atoms with Crippen molar-refractivity contribution in [1.82, 2.24) is 15.5 Å². The van der Waals surface area contributed by atoms with E-state index in [0.29, 0.717) is 24.3 Å². The molecule has 1 saturated heterocycles. The smallest absolute Gasteiger partial charge is 0.271 e. The van der Waals surface area contributed by atoms with Crippen molar-refractivity contribution in [2.45, 2.75) is 18.9 Å². The van der Waals surface area contributed by atoms with Crippen LogP contribution in [0.25, 0.3) is 0 Å². The summed E-state index contributed by atoms with van der Waals surface area (Å²) in [5, 5.41) is 10.4. The van der Waals surface area contributed by atoms with Crippen molar-refractivity contribution in [1.29, 1.82) is 0 Å². The molecule has 7 heteroatoms. The Balaban J connectivity index is 1.89. The molecule has 120 valence electrons. The van der Waals surface area contributed by atoms with Gasteiger partial charge in [0.2, 0.25) is 0 Å². The topological polar surface area (TPSA) is 58.1 Å². The third kappa shape index (κ3) is 2.99. The van der Waals surface area contributed by atoms with Gasteiger partial charge < -0.3 is 10.2 Å². The number of carbonyl (C=O) groups is 1. The van der Waals surface area contributed by atoms with Crippen molar-refractivity contribution in [3.8, 4) is 0 Å². The van der Waals surface area contributed by atoms with Gasteiger partial charge in [-0.05, 0) is 43.2 Å². The van der Waals surface area contributed by atoms with E-state index >= 15 is 0 Å². The molecule has 0 bridgehead atoms. The second kappa shape index (κ2) is 6.28. The molecule has 3 rings (SSSR count). The van der Waals surface area contributed by atoms with Gasteiger partial charge in [-0.3, -0.25) is 4.79 Å². The molecular weight excluding hydrogens is 302 g/mol. The molecule has 1 N–H and O–H groups in total. The van der Waals surface area contributed by atoms with Crippen molar-refractivity contribution in [2.75, 3.05) is 18.5 Å². The Bertz CT molecular complexity index is 721. The number of aromatic nitrogens is 2.